The minimum Gasteiger partial charge on any atom is -0.496 e. The minimum absolute atomic E-state index is 0.0117. The number of hydrogen-bond donors (Lipinski definition) is 0. The summed E-state index contributed by atoms with van der Waals surface area (Å²) in [6, 6.07) is 4.02. The van der Waals surface area contributed by atoms with E-state index in [9.17, 15) is 16.8 Å². The first-order valence-corrected chi connectivity index (χ1v) is 9.24. The van der Waals surface area contributed by atoms with E-state index in [4.69, 9.17) is 15.4 Å². The maximum atomic E-state index is 11.4. The fraction of sp³-hybridized carbons (Fsp3) is 0.400. The zero-order valence-corrected chi connectivity index (χ0v) is 13.0. The predicted molar refractivity (Wildman–Crippen MR) is 72.3 cm³/mol. The van der Waals surface area contributed by atoms with E-state index in [1.54, 1.807) is 0 Å². The van der Waals surface area contributed by atoms with E-state index in [1.165, 1.54) is 32.4 Å². The first-order chi connectivity index (χ1) is 8.55. The van der Waals surface area contributed by atoms with Crippen LogP contribution in [-0.2, 0) is 25.6 Å². The topological polar surface area (TPSA) is 80.8 Å². The van der Waals surface area contributed by atoms with E-state index in [0.29, 0.717) is 11.3 Å². The average Bonchev–Trinajstić information content (AvgIpc) is 2.26. The second-order valence-electron chi connectivity index (χ2n) is 3.93. The molecular formula is C10H14ClNO5S2. The van der Waals surface area contributed by atoms with Crippen molar-refractivity contribution in [1.82, 2.24) is 4.31 Å². The molecule has 108 valence electrons. The zero-order valence-electron chi connectivity index (χ0n) is 10.6. The molecule has 6 nitrogen and oxygen atoms in total. The lowest BCUT2D eigenvalue weighted by Crippen LogP contribution is -2.25. The standard InChI is InChI=1S/C10H14ClNO5S2/c1-12(18(3,13)14)7-8-6-9(19(11,15)16)4-5-10(8)17-2/h4-6H,7H2,1-3H3. The van der Waals surface area contributed by atoms with E-state index in [2.05, 4.69) is 0 Å². The van der Waals surface area contributed by atoms with Gasteiger partial charge in [0.05, 0.1) is 18.3 Å². The van der Waals surface area contributed by atoms with Crippen molar-refractivity contribution in [2.24, 2.45) is 0 Å². The molecule has 0 radical (unpaired) electrons. The van der Waals surface area contributed by atoms with Crippen LogP contribution in [0.3, 0.4) is 0 Å². The highest BCUT2D eigenvalue weighted by molar-refractivity contribution is 8.13. The van der Waals surface area contributed by atoms with Crippen LogP contribution in [0.4, 0.5) is 0 Å². The maximum Gasteiger partial charge on any atom is 0.261 e. The molecule has 9 heteroatoms. The van der Waals surface area contributed by atoms with E-state index in [-0.39, 0.29) is 11.4 Å². The Labute approximate surface area is 117 Å². The quantitative estimate of drug-likeness (QED) is 0.754. The molecule has 1 rings (SSSR count). The lowest BCUT2D eigenvalue weighted by atomic mass is 10.2. The number of benzene rings is 1. The molecule has 0 unspecified atom stereocenters. The van der Waals surface area contributed by atoms with Crippen molar-refractivity contribution in [1.29, 1.82) is 0 Å². The first-order valence-electron chi connectivity index (χ1n) is 5.08. The molecule has 0 aliphatic heterocycles. The molecule has 0 saturated carbocycles. The summed E-state index contributed by atoms with van der Waals surface area (Å²) in [5, 5.41) is 0. The normalized spacial score (nSPS) is 12.7. The number of ether oxygens (including phenoxy) is 1. The number of nitrogens with zero attached hydrogens (tertiary/aromatic N) is 1. The van der Waals surface area contributed by atoms with E-state index >= 15 is 0 Å². The third-order valence-corrected chi connectivity index (χ3v) is 5.11. The Bertz CT molecular complexity index is 669. The van der Waals surface area contributed by atoms with Gasteiger partial charge in [0.15, 0.2) is 0 Å². The van der Waals surface area contributed by atoms with Crippen LogP contribution in [0.25, 0.3) is 0 Å². The molecule has 1 aromatic carbocycles. The molecule has 0 N–H and O–H groups in total. The predicted octanol–water partition coefficient (Wildman–Crippen LogP) is 1.01. The molecule has 0 amide bonds. The summed E-state index contributed by atoms with van der Waals surface area (Å²) < 4.78 is 51.4. The van der Waals surface area contributed by atoms with Crippen LogP contribution in [0.5, 0.6) is 5.75 Å². The Morgan fingerprint density at radius 1 is 1.26 bits per heavy atom. The number of sulfonamides is 1. The monoisotopic (exact) mass is 327 g/mol. The highest BCUT2D eigenvalue weighted by Gasteiger charge is 2.17. The molecule has 0 aromatic heterocycles. The van der Waals surface area contributed by atoms with Crippen molar-refractivity contribution in [3.8, 4) is 5.75 Å². The van der Waals surface area contributed by atoms with E-state index in [1.807, 2.05) is 0 Å². The van der Waals surface area contributed by atoms with Crippen LogP contribution in [0.1, 0.15) is 5.56 Å². The van der Waals surface area contributed by atoms with Crippen LogP contribution >= 0.6 is 10.7 Å². The summed E-state index contributed by atoms with van der Waals surface area (Å²) in [5.74, 6) is 0.388. The minimum atomic E-state index is -3.87. The molecule has 0 saturated heterocycles. The summed E-state index contributed by atoms with van der Waals surface area (Å²) >= 11 is 0. The second-order valence-corrected chi connectivity index (χ2v) is 8.59. The molecule has 0 fully saturated rings. The SMILES string of the molecule is COc1ccc(S(=O)(=O)Cl)cc1CN(C)S(C)(=O)=O. The highest BCUT2D eigenvalue weighted by atomic mass is 35.7. The van der Waals surface area contributed by atoms with Crippen molar-refractivity contribution in [3.63, 3.8) is 0 Å². The molecule has 0 bridgehead atoms. The third kappa shape index (κ3) is 4.34. The molecule has 0 spiro atoms. The van der Waals surface area contributed by atoms with Gasteiger partial charge in [0.1, 0.15) is 5.75 Å². The van der Waals surface area contributed by atoms with Crippen LogP contribution < -0.4 is 4.74 Å². The van der Waals surface area contributed by atoms with E-state index < -0.39 is 19.1 Å². The summed E-state index contributed by atoms with van der Waals surface area (Å²) in [6.45, 7) is -0.0117. The Balaban J connectivity index is 3.25. The van der Waals surface area contributed by atoms with Crippen molar-refractivity contribution in [2.75, 3.05) is 20.4 Å². The van der Waals surface area contributed by atoms with Gasteiger partial charge in [0.2, 0.25) is 10.0 Å². The van der Waals surface area contributed by atoms with Crippen molar-refractivity contribution < 1.29 is 21.6 Å². The van der Waals surface area contributed by atoms with Gasteiger partial charge in [-0.25, -0.2) is 21.1 Å². The molecule has 0 heterocycles. The Kier molecular flexibility index (Phi) is 4.83. The summed E-state index contributed by atoms with van der Waals surface area (Å²) in [5.41, 5.74) is 0.414. The molecule has 1 aromatic rings. The fourth-order valence-corrected chi connectivity index (χ4v) is 2.56. The van der Waals surface area contributed by atoms with Crippen LogP contribution in [-0.4, -0.2) is 41.6 Å². The van der Waals surface area contributed by atoms with Crippen LogP contribution in [0.15, 0.2) is 23.1 Å². The highest BCUT2D eigenvalue weighted by Crippen LogP contribution is 2.25. The average molecular weight is 328 g/mol. The van der Waals surface area contributed by atoms with Crippen LogP contribution in [0.2, 0.25) is 0 Å². The summed E-state index contributed by atoms with van der Waals surface area (Å²) in [6.07, 6.45) is 1.06. The van der Waals surface area contributed by atoms with Crippen molar-refractivity contribution in [3.05, 3.63) is 23.8 Å². The van der Waals surface area contributed by atoms with Gasteiger partial charge in [-0.3, -0.25) is 0 Å². The molecule has 0 atom stereocenters. The van der Waals surface area contributed by atoms with Gasteiger partial charge in [-0.2, -0.15) is 0 Å². The Hall–Kier alpha value is -0.830. The number of methoxy groups -OCH3 is 1. The summed E-state index contributed by atoms with van der Waals surface area (Å²) in [4.78, 5) is -0.105. The van der Waals surface area contributed by atoms with Gasteiger partial charge in [-0.15, -0.1) is 0 Å². The molecule has 19 heavy (non-hydrogen) atoms. The van der Waals surface area contributed by atoms with Gasteiger partial charge < -0.3 is 4.74 Å². The maximum absolute atomic E-state index is 11.4. The summed E-state index contributed by atoms with van der Waals surface area (Å²) in [7, 11) is 0.797. The largest absolute Gasteiger partial charge is 0.496 e. The van der Waals surface area contributed by atoms with Gasteiger partial charge in [0, 0.05) is 29.8 Å². The van der Waals surface area contributed by atoms with Gasteiger partial charge in [-0.05, 0) is 18.2 Å². The number of rotatable bonds is 5. The third-order valence-electron chi connectivity index (χ3n) is 2.49. The second kappa shape index (κ2) is 5.66. The number of halogens is 1. The Morgan fingerprint density at radius 3 is 2.26 bits per heavy atom. The molecular weight excluding hydrogens is 314 g/mol. The first kappa shape index (κ1) is 16.2. The molecule has 0 aliphatic rings. The zero-order chi connectivity index (χ0) is 14.8. The van der Waals surface area contributed by atoms with E-state index in [0.717, 1.165) is 10.6 Å². The van der Waals surface area contributed by atoms with Gasteiger partial charge in [0.25, 0.3) is 9.05 Å². The van der Waals surface area contributed by atoms with Gasteiger partial charge >= 0.3 is 0 Å². The smallest absolute Gasteiger partial charge is 0.261 e. The lowest BCUT2D eigenvalue weighted by molar-refractivity contribution is 0.398. The van der Waals surface area contributed by atoms with Crippen LogP contribution in [0, 0.1) is 0 Å². The lowest BCUT2D eigenvalue weighted by Gasteiger charge is -2.16. The number of hydrogen-bond acceptors (Lipinski definition) is 5. The van der Waals surface area contributed by atoms with Crippen molar-refractivity contribution in [2.45, 2.75) is 11.4 Å². The Morgan fingerprint density at radius 2 is 1.84 bits per heavy atom. The van der Waals surface area contributed by atoms with Gasteiger partial charge in [-0.1, -0.05) is 0 Å². The van der Waals surface area contributed by atoms with Crippen molar-refractivity contribution >= 4 is 29.8 Å². The fourth-order valence-electron chi connectivity index (χ4n) is 1.39. The molecule has 0 aliphatic carbocycles.